The summed E-state index contributed by atoms with van der Waals surface area (Å²) in [5, 5.41) is 2.02. The number of carbonyl (C=O) groups is 2. The Morgan fingerprint density at radius 1 is 0.944 bits per heavy atom. The van der Waals surface area contributed by atoms with Crippen LogP contribution in [0.2, 0.25) is 0 Å². The topological polar surface area (TPSA) is 34.1 Å². The van der Waals surface area contributed by atoms with Crippen molar-refractivity contribution >= 4 is 28.4 Å². The zero-order valence-electron chi connectivity index (χ0n) is 9.64. The fourth-order valence-electron chi connectivity index (χ4n) is 2.21. The van der Waals surface area contributed by atoms with Crippen LogP contribution in [-0.4, -0.2) is 11.6 Å². The second kappa shape index (κ2) is 3.77. The molecule has 2 aromatic rings. The van der Waals surface area contributed by atoms with Gasteiger partial charge in [0, 0.05) is 11.1 Å². The third-order valence-electron chi connectivity index (χ3n) is 3.16. The second-order valence-corrected chi connectivity index (χ2v) is 4.25. The third-order valence-corrected chi connectivity index (χ3v) is 3.16. The lowest BCUT2D eigenvalue weighted by molar-refractivity contribution is -0.111. The molecule has 86 valence electrons. The summed E-state index contributed by atoms with van der Waals surface area (Å²) in [5.74, 6) is -0.930. The van der Waals surface area contributed by atoms with Gasteiger partial charge in [0.05, 0.1) is 0 Å². The lowest BCUT2D eigenvalue weighted by Crippen LogP contribution is -2.20. The molecule has 3 rings (SSSR count). The molecule has 0 amide bonds. The van der Waals surface area contributed by atoms with E-state index < -0.39 is 11.6 Å². The quantitative estimate of drug-likeness (QED) is 0.710. The van der Waals surface area contributed by atoms with Crippen molar-refractivity contribution in [2.75, 3.05) is 0 Å². The first kappa shape index (κ1) is 10.7. The molecule has 0 atom stereocenters. The van der Waals surface area contributed by atoms with E-state index >= 15 is 0 Å². The molecule has 0 aromatic heterocycles. The molecule has 0 unspecified atom stereocenters. The van der Waals surface area contributed by atoms with E-state index in [-0.39, 0.29) is 0 Å². The number of benzene rings is 2. The van der Waals surface area contributed by atoms with E-state index in [9.17, 15) is 9.59 Å². The third kappa shape index (κ3) is 1.43. The van der Waals surface area contributed by atoms with Gasteiger partial charge in [0.2, 0.25) is 11.6 Å². The highest BCUT2D eigenvalue weighted by atomic mass is 16.2. The van der Waals surface area contributed by atoms with E-state index in [2.05, 4.69) is 6.58 Å². The number of hydrogen-bond acceptors (Lipinski definition) is 2. The van der Waals surface area contributed by atoms with Crippen LogP contribution in [0.4, 0.5) is 0 Å². The Hall–Kier alpha value is -2.48. The molecule has 0 aliphatic heterocycles. The van der Waals surface area contributed by atoms with E-state index in [4.69, 9.17) is 0 Å². The number of ketones is 2. The van der Waals surface area contributed by atoms with Crippen molar-refractivity contribution in [3.05, 3.63) is 65.8 Å². The van der Waals surface area contributed by atoms with Crippen molar-refractivity contribution in [1.29, 1.82) is 0 Å². The van der Waals surface area contributed by atoms with Crippen molar-refractivity contribution in [1.82, 2.24) is 0 Å². The predicted molar refractivity (Wildman–Crippen MR) is 71.5 cm³/mol. The summed E-state index contributed by atoms with van der Waals surface area (Å²) in [6.45, 7) is 3.56. The summed E-state index contributed by atoms with van der Waals surface area (Å²) in [4.78, 5) is 23.8. The van der Waals surface area contributed by atoms with Gasteiger partial charge in [-0.3, -0.25) is 9.59 Å². The Morgan fingerprint density at radius 2 is 1.61 bits per heavy atom. The van der Waals surface area contributed by atoms with Gasteiger partial charge in [-0.15, -0.1) is 0 Å². The molecule has 0 N–H and O–H groups in total. The molecule has 0 bridgehead atoms. The Bertz CT molecular complexity index is 736. The molecular formula is C16H10O2. The average molecular weight is 234 g/mol. The second-order valence-electron chi connectivity index (χ2n) is 4.25. The first-order chi connectivity index (χ1) is 8.70. The lowest BCUT2D eigenvalue weighted by Gasteiger charge is -2.13. The molecule has 1 aliphatic rings. The first-order valence-corrected chi connectivity index (χ1v) is 5.66. The van der Waals surface area contributed by atoms with E-state index in [1.54, 1.807) is 12.1 Å². The van der Waals surface area contributed by atoms with E-state index in [0.717, 1.165) is 16.3 Å². The van der Waals surface area contributed by atoms with Gasteiger partial charge in [-0.05, 0) is 34.5 Å². The summed E-state index contributed by atoms with van der Waals surface area (Å²) in [6, 6.07) is 11.5. The number of rotatable bonds is 1. The van der Waals surface area contributed by atoms with Gasteiger partial charge < -0.3 is 0 Å². The Kier molecular flexibility index (Phi) is 2.23. The van der Waals surface area contributed by atoms with Gasteiger partial charge in [0.15, 0.2) is 0 Å². The Balaban J connectivity index is 2.36. The number of hydrogen-bond donors (Lipinski definition) is 0. The minimum Gasteiger partial charge on any atom is -0.285 e. The molecule has 2 heteroatoms. The molecule has 0 radical (unpaired) electrons. The number of fused-ring (bicyclic) bond motifs is 2. The summed E-state index contributed by atoms with van der Waals surface area (Å²) in [7, 11) is 0. The minimum absolute atomic E-state index is 0.364. The van der Waals surface area contributed by atoms with Gasteiger partial charge in [-0.25, -0.2) is 0 Å². The molecule has 0 fully saturated rings. The predicted octanol–water partition coefficient (Wildman–Crippen LogP) is 3.17. The molecule has 0 spiro atoms. The maximum atomic E-state index is 12.0. The molecule has 2 aromatic carbocycles. The molecule has 0 saturated heterocycles. The minimum atomic E-state index is -0.479. The van der Waals surface area contributed by atoms with Crippen LogP contribution >= 0.6 is 0 Å². The maximum absolute atomic E-state index is 12.0. The normalized spacial score (nSPS) is 14.3. The van der Waals surface area contributed by atoms with Crippen molar-refractivity contribution < 1.29 is 9.59 Å². The zero-order valence-corrected chi connectivity index (χ0v) is 9.64. The monoisotopic (exact) mass is 234 g/mol. The van der Waals surface area contributed by atoms with Gasteiger partial charge in [0.1, 0.15) is 0 Å². The van der Waals surface area contributed by atoms with E-state index in [1.165, 1.54) is 6.08 Å². The highest BCUT2D eigenvalue weighted by Gasteiger charge is 2.26. The standard InChI is InChI=1S/C16H10O2/c1-2-10-7-13-8-11-5-3-4-6-12(11)9-14(13)16(18)15(10)17/h2-9H,1H2. The smallest absolute Gasteiger partial charge is 0.234 e. The Morgan fingerprint density at radius 3 is 2.28 bits per heavy atom. The van der Waals surface area contributed by atoms with Crippen LogP contribution in [0.25, 0.3) is 16.8 Å². The van der Waals surface area contributed by atoms with E-state index in [1.807, 2.05) is 30.3 Å². The molecular weight excluding hydrogens is 224 g/mol. The maximum Gasteiger partial charge on any atom is 0.234 e. The summed E-state index contributed by atoms with van der Waals surface area (Å²) < 4.78 is 0. The van der Waals surface area contributed by atoms with Crippen LogP contribution in [-0.2, 0) is 4.79 Å². The molecule has 0 heterocycles. The van der Waals surface area contributed by atoms with Crippen LogP contribution in [0.15, 0.2) is 54.6 Å². The molecule has 1 aliphatic carbocycles. The van der Waals surface area contributed by atoms with Crippen molar-refractivity contribution in [3.8, 4) is 0 Å². The van der Waals surface area contributed by atoms with Crippen LogP contribution < -0.4 is 0 Å². The fraction of sp³-hybridized carbons (Fsp3) is 0. The van der Waals surface area contributed by atoms with Crippen LogP contribution in [0, 0.1) is 0 Å². The van der Waals surface area contributed by atoms with Gasteiger partial charge >= 0.3 is 0 Å². The highest BCUT2D eigenvalue weighted by molar-refractivity contribution is 6.52. The Labute approximate surface area is 104 Å². The van der Waals surface area contributed by atoms with Gasteiger partial charge in [-0.1, -0.05) is 36.9 Å². The molecule has 18 heavy (non-hydrogen) atoms. The fourth-order valence-corrected chi connectivity index (χ4v) is 2.21. The summed E-state index contributed by atoms with van der Waals surface area (Å²) >= 11 is 0. The summed E-state index contributed by atoms with van der Waals surface area (Å²) in [6.07, 6.45) is 3.15. The van der Waals surface area contributed by atoms with Crippen LogP contribution in [0.1, 0.15) is 15.9 Å². The summed E-state index contributed by atoms with van der Waals surface area (Å²) in [5.41, 5.74) is 1.63. The molecule has 0 saturated carbocycles. The van der Waals surface area contributed by atoms with E-state index in [0.29, 0.717) is 11.1 Å². The first-order valence-electron chi connectivity index (χ1n) is 5.66. The number of carbonyl (C=O) groups excluding carboxylic acids is 2. The van der Waals surface area contributed by atoms with Crippen molar-refractivity contribution in [3.63, 3.8) is 0 Å². The van der Waals surface area contributed by atoms with Crippen LogP contribution in [0.3, 0.4) is 0 Å². The van der Waals surface area contributed by atoms with Crippen molar-refractivity contribution in [2.24, 2.45) is 0 Å². The van der Waals surface area contributed by atoms with Gasteiger partial charge in [0.25, 0.3) is 0 Å². The van der Waals surface area contributed by atoms with Crippen molar-refractivity contribution in [2.45, 2.75) is 0 Å². The SMILES string of the molecule is C=CC1=Cc2cc3ccccc3cc2C(=O)C1=O. The van der Waals surface area contributed by atoms with Gasteiger partial charge in [-0.2, -0.15) is 0 Å². The average Bonchev–Trinajstić information content (AvgIpc) is 2.41. The number of Topliss-reactive ketones (excluding diaryl/α,β-unsaturated/α-hetero) is 2. The lowest BCUT2D eigenvalue weighted by atomic mass is 9.88. The zero-order chi connectivity index (χ0) is 12.7. The highest BCUT2D eigenvalue weighted by Crippen LogP contribution is 2.27. The molecule has 2 nitrogen and oxygen atoms in total. The largest absolute Gasteiger partial charge is 0.285 e. The van der Waals surface area contributed by atoms with Crippen LogP contribution in [0.5, 0.6) is 0 Å². The number of allylic oxidation sites excluding steroid dienone is 2.